The molecule has 0 saturated carbocycles. The van der Waals surface area contributed by atoms with Crippen LogP contribution in [0.3, 0.4) is 0 Å². The van der Waals surface area contributed by atoms with Gasteiger partial charge in [-0.2, -0.15) is 5.10 Å². The largest absolute Gasteiger partial charge is 0.455 e. The van der Waals surface area contributed by atoms with Gasteiger partial charge in [0.1, 0.15) is 5.76 Å². The molecule has 0 radical (unpaired) electrons. The number of benzene rings is 1. The van der Waals surface area contributed by atoms with Gasteiger partial charge in [-0.15, -0.1) is 0 Å². The van der Waals surface area contributed by atoms with Gasteiger partial charge in [0.2, 0.25) is 0 Å². The van der Waals surface area contributed by atoms with Gasteiger partial charge in [0, 0.05) is 46.0 Å². The van der Waals surface area contributed by atoms with Crippen LogP contribution >= 0.6 is 15.9 Å². The highest BCUT2D eigenvalue weighted by molar-refractivity contribution is 9.10. The number of aryl methyl sites for hydroxylation is 1. The zero-order chi connectivity index (χ0) is 23.7. The van der Waals surface area contributed by atoms with Crippen molar-refractivity contribution in [1.82, 2.24) is 15.4 Å². The Labute approximate surface area is 203 Å². The first-order valence-corrected chi connectivity index (χ1v) is 11.6. The van der Waals surface area contributed by atoms with E-state index in [1.54, 1.807) is 18.5 Å². The Hall–Kier alpha value is -3.85. The molecule has 9 heteroatoms. The molecule has 1 aliphatic rings. The van der Waals surface area contributed by atoms with Crippen LogP contribution in [0.4, 0.5) is 5.69 Å². The molecule has 3 heterocycles. The van der Waals surface area contributed by atoms with Crippen molar-refractivity contribution in [2.45, 2.75) is 26.2 Å². The molecule has 2 N–H and O–H groups in total. The molecule has 8 nitrogen and oxygen atoms in total. The Bertz CT molecular complexity index is 1450. The normalized spacial score (nSPS) is 14.1. The Balaban J connectivity index is 1.41. The maximum atomic E-state index is 13.1. The molecule has 3 aromatic heterocycles. The summed E-state index contributed by atoms with van der Waals surface area (Å²) >= 11 is 3.31. The number of nitrogens with one attached hydrogen (secondary N) is 2. The van der Waals surface area contributed by atoms with Crippen LogP contribution in [0.15, 0.2) is 69.0 Å². The number of amides is 2. The van der Waals surface area contributed by atoms with E-state index in [9.17, 15) is 9.59 Å². The molecule has 0 saturated heterocycles. The zero-order valence-corrected chi connectivity index (χ0v) is 19.8. The van der Waals surface area contributed by atoms with Crippen molar-refractivity contribution in [3.05, 3.63) is 87.7 Å². The molecule has 0 bridgehead atoms. The molecule has 0 fully saturated rings. The van der Waals surface area contributed by atoms with E-state index in [4.69, 9.17) is 4.42 Å². The summed E-state index contributed by atoms with van der Waals surface area (Å²) in [6.07, 6.45) is 6.96. The lowest BCUT2D eigenvalue weighted by atomic mass is 9.93. The highest BCUT2D eigenvalue weighted by Crippen LogP contribution is 2.31. The van der Waals surface area contributed by atoms with Gasteiger partial charge < -0.3 is 9.73 Å². The fourth-order valence-electron chi connectivity index (χ4n) is 4.11. The molecule has 0 unspecified atom stereocenters. The van der Waals surface area contributed by atoms with E-state index in [-0.39, 0.29) is 17.6 Å². The molecular weight excluding hydrogens is 498 g/mol. The summed E-state index contributed by atoms with van der Waals surface area (Å²) < 4.78 is 6.69. The summed E-state index contributed by atoms with van der Waals surface area (Å²) in [5.74, 6) is 0.234. The van der Waals surface area contributed by atoms with Gasteiger partial charge >= 0.3 is 0 Å². The lowest BCUT2D eigenvalue weighted by Crippen LogP contribution is -2.22. The minimum Gasteiger partial charge on any atom is -0.455 e. The first kappa shape index (κ1) is 22.0. The quantitative estimate of drug-likeness (QED) is 0.369. The van der Waals surface area contributed by atoms with Gasteiger partial charge in [-0.25, -0.2) is 5.43 Å². The van der Waals surface area contributed by atoms with E-state index in [2.05, 4.69) is 41.7 Å². The van der Waals surface area contributed by atoms with Gasteiger partial charge in [0.25, 0.3) is 11.8 Å². The first-order chi connectivity index (χ1) is 16.5. The molecule has 1 aliphatic carbocycles. The van der Waals surface area contributed by atoms with Gasteiger partial charge in [-0.1, -0.05) is 6.07 Å². The average Bonchev–Trinajstić information content (AvgIpc) is 3.20. The smallest absolute Gasteiger partial charge is 0.291 e. The number of carbonyl (C=O) groups is 2. The summed E-state index contributed by atoms with van der Waals surface area (Å²) in [5, 5.41) is 8.16. The van der Waals surface area contributed by atoms with Crippen molar-refractivity contribution < 1.29 is 14.0 Å². The first-order valence-electron chi connectivity index (χ1n) is 10.8. The van der Waals surface area contributed by atoms with E-state index in [0.717, 1.165) is 22.9 Å². The number of hydrazone groups is 1. The molecule has 5 rings (SSSR count). The van der Waals surface area contributed by atoms with E-state index >= 15 is 0 Å². The molecule has 0 aliphatic heterocycles. The molecule has 170 valence electrons. The van der Waals surface area contributed by atoms with Crippen molar-refractivity contribution in [1.29, 1.82) is 0 Å². The molecular formula is C25H20BrN5O3. The zero-order valence-electron chi connectivity index (χ0n) is 18.3. The van der Waals surface area contributed by atoms with Crippen molar-refractivity contribution in [2.24, 2.45) is 5.10 Å². The monoisotopic (exact) mass is 517 g/mol. The Morgan fingerprint density at radius 3 is 2.85 bits per heavy atom. The predicted octanol–water partition coefficient (Wildman–Crippen LogP) is 5.02. The van der Waals surface area contributed by atoms with Gasteiger partial charge in [-0.3, -0.25) is 19.6 Å². The van der Waals surface area contributed by atoms with Crippen LogP contribution in [-0.4, -0.2) is 27.5 Å². The van der Waals surface area contributed by atoms with Crippen LogP contribution in [-0.2, 0) is 6.42 Å². The lowest BCUT2D eigenvalue weighted by molar-refractivity contribution is 0.0953. The number of furan rings is 1. The number of hydrogen-bond donors (Lipinski definition) is 2. The van der Waals surface area contributed by atoms with Crippen LogP contribution < -0.4 is 10.7 Å². The van der Waals surface area contributed by atoms with Crippen LogP contribution in [0.5, 0.6) is 0 Å². The summed E-state index contributed by atoms with van der Waals surface area (Å²) in [6, 6.07) is 11.0. The van der Waals surface area contributed by atoms with E-state index in [0.29, 0.717) is 45.6 Å². The third-order valence-electron chi connectivity index (χ3n) is 5.69. The molecule has 34 heavy (non-hydrogen) atoms. The lowest BCUT2D eigenvalue weighted by Gasteiger charge is -2.13. The Morgan fingerprint density at radius 1 is 1.12 bits per heavy atom. The van der Waals surface area contributed by atoms with Crippen molar-refractivity contribution in [2.75, 3.05) is 5.32 Å². The number of fused-ring (bicyclic) bond motifs is 2. The highest BCUT2D eigenvalue weighted by Gasteiger charge is 2.28. The number of anilines is 1. The number of rotatable bonds is 4. The third kappa shape index (κ3) is 4.22. The van der Waals surface area contributed by atoms with Crippen LogP contribution in [0.2, 0.25) is 0 Å². The molecule has 0 atom stereocenters. The number of nitrogens with zero attached hydrogens (tertiary/aromatic N) is 3. The predicted molar refractivity (Wildman–Crippen MR) is 132 cm³/mol. The van der Waals surface area contributed by atoms with Crippen molar-refractivity contribution in [3.8, 4) is 0 Å². The fraction of sp³-hybridized carbons (Fsp3) is 0.160. The number of aromatic nitrogens is 2. The SMILES string of the molecule is Cc1c(C(=O)Nc2cccc3ncccc23)oc2c1/C(=N/NC(=O)c1cncc(Br)c1)CCC2. The number of pyridine rings is 2. The second-order valence-electron chi connectivity index (χ2n) is 7.93. The van der Waals surface area contributed by atoms with Gasteiger partial charge in [-0.05, 0) is 66.0 Å². The highest BCUT2D eigenvalue weighted by atomic mass is 79.9. The fourth-order valence-corrected chi connectivity index (χ4v) is 4.47. The average molecular weight is 518 g/mol. The maximum absolute atomic E-state index is 13.1. The van der Waals surface area contributed by atoms with E-state index < -0.39 is 0 Å². The third-order valence-corrected chi connectivity index (χ3v) is 6.12. The van der Waals surface area contributed by atoms with E-state index in [1.807, 2.05) is 37.3 Å². The summed E-state index contributed by atoms with van der Waals surface area (Å²) in [5.41, 5.74) is 6.61. The summed E-state index contributed by atoms with van der Waals surface area (Å²) in [6.45, 7) is 1.84. The maximum Gasteiger partial charge on any atom is 0.291 e. The minimum absolute atomic E-state index is 0.239. The van der Waals surface area contributed by atoms with Gasteiger partial charge in [0.15, 0.2) is 5.76 Å². The topological polar surface area (TPSA) is 109 Å². The van der Waals surface area contributed by atoms with Crippen molar-refractivity contribution in [3.63, 3.8) is 0 Å². The summed E-state index contributed by atoms with van der Waals surface area (Å²) in [4.78, 5) is 34.0. The second kappa shape index (κ2) is 9.18. The Kier molecular flexibility index (Phi) is 5.93. The number of hydrogen-bond acceptors (Lipinski definition) is 6. The molecule has 1 aromatic carbocycles. The Morgan fingerprint density at radius 2 is 2.00 bits per heavy atom. The molecule has 4 aromatic rings. The standard InChI is InChI=1S/C25H20BrN5O3/c1-14-22-20(30-31-24(32)15-11-16(26)13-27-12-15)8-3-9-21(22)34-23(14)25(33)29-19-7-2-6-18-17(19)5-4-10-28-18/h2,4-7,10-13H,3,8-9H2,1H3,(H,29,33)(H,31,32)/b30-20+. The van der Waals surface area contributed by atoms with Crippen LogP contribution in [0, 0.1) is 6.92 Å². The number of halogens is 1. The molecule has 2 amide bonds. The van der Waals surface area contributed by atoms with E-state index in [1.165, 1.54) is 6.20 Å². The van der Waals surface area contributed by atoms with Crippen molar-refractivity contribution >= 4 is 50.0 Å². The van der Waals surface area contributed by atoms with Crippen LogP contribution in [0.1, 0.15) is 50.6 Å². The number of carbonyl (C=O) groups excluding carboxylic acids is 2. The van der Waals surface area contributed by atoms with Gasteiger partial charge in [0.05, 0.1) is 22.5 Å². The minimum atomic E-state index is -0.364. The molecule has 0 spiro atoms. The summed E-state index contributed by atoms with van der Waals surface area (Å²) in [7, 11) is 0. The second-order valence-corrected chi connectivity index (χ2v) is 8.84. The van der Waals surface area contributed by atoms with Crippen LogP contribution in [0.25, 0.3) is 10.9 Å².